The molecular weight excluding hydrogens is 414 g/mol. The zero-order valence-electron chi connectivity index (χ0n) is 15.5. The normalized spacial score (nSPS) is 11.1. The summed E-state index contributed by atoms with van der Waals surface area (Å²) in [5.74, 6) is 0.873. The van der Waals surface area contributed by atoms with Crippen molar-refractivity contribution in [1.82, 2.24) is 14.9 Å². The molecule has 26 heavy (non-hydrogen) atoms. The zero-order valence-corrected chi connectivity index (χ0v) is 17.9. The van der Waals surface area contributed by atoms with Crippen molar-refractivity contribution in [2.75, 3.05) is 26.0 Å². The molecule has 0 aliphatic carbocycles. The number of carbonyl (C=O) groups is 1. The monoisotopic (exact) mass is 439 g/mol. The number of carbonyl (C=O) groups excluding carboxylic acids is 1. The lowest BCUT2D eigenvalue weighted by Crippen LogP contribution is -2.27. The van der Waals surface area contributed by atoms with Gasteiger partial charge in [-0.15, -0.1) is 0 Å². The Morgan fingerprint density at radius 1 is 1.35 bits per heavy atom. The Labute approximate surface area is 168 Å². The van der Waals surface area contributed by atoms with E-state index in [9.17, 15) is 4.79 Å². The summed E-state index contributed by atoms with van der Waals surface area (Å²) in [6, 6.07) is 8.22. The number of benzene rings is 1. The van der Waals surface area contributed by atoms with E-state index in [0.29, 0.717) is 24.8 Å². The van der Waals surface area contributed by atoms with Gasteiger partial charge in [0.2, 0.25) is 5.91 Å². The lowest BCUT2D eigenvalue weighted by Gasteiger charge is -2.14. The molecule has 1 amide bonds. The number of imidazole rings is 1. The van der Waals surface area contributed by atoms with Gasteiger partial charge in [-0.2, -0.15) is 0 Å². The van der Waals surface area contributed by atoms with Crippen molar-refractivity contribution < 1.29 is 9.53 Å². The van der Waals surface area contributed by atoms with E-state index >= 15 is 0 Å². The van der Waals surface area contributed by atoms with E-state index in [0.717, 1.165) is 33.9 Å². The number of hydrogen-bond donors (Lipinski definition) is 1. The molecule has 7 heteroatoms. The number of methoxy groups -OCH3 is 1. The lowest BCUT2D eigenvalue weighted by atomic mass is 10.1. The molecular formula is C19H26BrN3O2S. The van der Waals surface area contributed by atoms with E-state index in [-0.39, 0.29) is 5.91 Å². The van der Waals surface area contributed by atoms with Crippen LogP contribution in [-0.2, 0) is 16.1 Å². The highest BCUT2D eigenvalue weighted by Crippen LogP contribution is 2.28. The number of nitrogens with one attached hydrogen (secondary N) is 1. The number of halogens is 1. The molecule has 0 saturated carbocycles. The predicted octanol–water partition coefficient (Wildman–Crippen LogP) is 4.21. The van der Waals surface area contributed by atoms with Crippen molar-refractivity contribution in [2.45, 2.75) is 32.0 Å². The van der Waals surface area contributed by atoms with Crippen LogP contribution < -0.4 is 5.32 Å². The first-order valence-corrected chi connectivity index (χ1v) is 10.5. The van der Waals surface area contributed by atoms with Crippen molar-refractivity contribution in [3.63, 3.8) is 0 Å². The molecule has 0 bridgehead atoms. The van der Waals surface area contributed by atoms with E-state index in [1.54, 1.807) is 7.11 Å². The first-order valence-electron chi connectivity index (χ1n) is 8.71. The highest BCUT2D eigenvalue weighted by molar-refractivity contribution is 9.10. The first kappa shape index (κ1) is 21.0. The van der Waals surface area contributed by atoms with Crippen LogP contribution in [0.4, 0.5) is 0 Å². The number of aromatic nitrogens is 2. The Kier molecular flexibility index (Phi) is 8.68. The Bertz CT molecular complexity index is 701. The van der Waals surface area contributed by atoms with Gasteiger partial charge in [0.25, 0.3) is 0 Å². The van der Waals surface area contributed by atoms with Crippen LogP contribution in [0.25, 0.3) is 11.3 Å². The molecule has 5 nitrogen and oxygen atoms in total. The molecule has 0 spiro atoms. The fourth-order valence-electron chi connectivity index (χ4n) is 2.49. The molecule has 1 N–H and O–H groups in total. The molecule has 0 atom stereocenters. The smallest absolute Gasteiger partial charge is 0.230 e. The Morgan fingerprint density at radius 3 is 2.73 bits per heavy atom. The summed E-state index contributed by atoms with van der Waals surface area (Å²) in [7, 11) is 1.66. The van der Waals surface area contributed by atoms with Gasteiger partial charge in [-0.1, -0.05) is 53.7 Å². The van der Waals surface area contributed by atoms with E-state index in [1.807, 2.05) is 18.3 Å². The van der Waals surface area contributed by atoms with Crippen molar-refractivity contribution in [3.8, 4) is 11.3 Å². The molecule has 1 heterocycles. The third-order valence-corrected chi connectivity index (χ3v) is 5.21. The summed E-state index contributed by atoms with van der Waals surface area (Å²) in [4.78, 5) is 16.6. The van der Waals surface area contributed by atoms with Gasteiger partial charge < -0.3 is 14.6 Å². The largest absolute Gasteiger partial charge is 0.385 e. The predicted molar refractivity (Wildman–Crippen MR) is 110 cm³/mol. The van der Waals surface area contributed by atoms with Crippen molar-refractivity contribution >= 4 is 33.6 Å². The summed E-state index contributed by atoms with van der Waals surface area (Å²) < 4.78 is 8.24. The average Bonchev–Trinajstić information content (AvgIpc) is 2.99. The molecule has 0 aliphatic rings. The van der Waals surface area contributed by atoms with Gasteiger partial charge in [-0.3, -0.25) is 4.79 Å². The van der Waals surface area contributed by atoms with Gasteiger partial charge in [0.15, 0.2) is 5.16 Å². The minimum absolute atomic E-state index is 0.0235. The Balaban J connectivity index is 2.06. The minimum atomic E-state index is 0.0235. The second-order valence-electron chi connectivity index (χ2n) is 6.42. The minimum Gasteiger partial charge on any atom is -0.385 e. The molecule has 2 rings (SSSR count). The van der Waals surface area contributed by atoms with E-state index < -0.39 is 0 Å². The fraction of sp³-hybridized carbons (Fsp3) is 0.474. The SMILES string of the molecule is COCCCNC(=O)CSc1ncc(-c2ccc(Br)cc2)n1CC(C)C. The first-order chi connectivity index (χ1) is 12.5. The summed E-state index contributed by atoms with van der Waals surface area (Å²) >= 11 is 4.95. The maximum absolute atomic E-state index is 12.0. The average molecular weight is 440 g/mol. The molecule has 0 saturated heterocycles. The van der Waals surface area contributed by atoms with Gasteiger partial charge in [0.05, 0.1) is 17.6 Å². The van der Waals surface area contributed by atoms with Crippen LogP contribution in [0.1, 0.15) is 20.3 Å². The van der Waals surface area contributed by atoms with Crippen molar-refractivity contribution in [1.29, 1.82) is 0 Å². The number of hydrogen-bond acceptors (Lipinski definition) is 4. The third-order valence-electron chi connectivity index (χ3n) is 3.69. The van der Waals surface area contributed by atoms with Gasteiger partial charge in [0, 0.05) is 31.3 Å². The molecule has 0 fully saturated rings. The second-order valence-corrected chi connectivity index (χ2v) is 8.28. The van der Waals surface area contributed by atoms with Gasteiger partial charge >= 0.3 is 0 Å². The zero-order chi connectivity index (χ0) is 18.9. The fourth-order valence-corrected chi connectivity index (χ4v) is 3.57. The van der Waals surface area contributed by atoms with Crippen molar-refractivity contribution in [3.05, 3.63) is 34.9 Å². The lowest BCUT2D eigenvalue weighted by molar-refractivity contribution is -0.118. The standard InChI is InChI=1S/C19H26BrN3O2S/c1-14(2)12-23-17(15-5-7-16(20)8-6-15)11-22-19(23)26-13-18(24)21-9-4-10-25-3/h5-8,11,14H,4,9-10,12-13H2,1-3H3,(H,21,24). The molecule has 0 radical (unpaired) electrons. The van der Waals surface area contributed by atoms with Crippen LogP contribution in [0, 0.1) is 5.92 Å². The van der Waals surface area contributed by atoms with Gasteiger partial charge in [-0.25, -0.2) is 4.98 Å². The van der Waals surface area contributed by atoms with Gasteiger partial charge in [0.1, 0.15) is 0 Å². The van der Waals surface area contributed by atoms with E-state index in [2.05, 4.69) is 56.8 Å². The summed E-state index contributed by atoms with van der Waals surface area (Å²) in [5.41, 5.74) is 2.20. The highest BCUT2D eigenvalue weighted by Gasteiger charge is 2.15. The van der Waals surface area contributed by atoms with E-state index in [4.69, 9.17) is 4.74 Å². The highest BCUT2D eigenvalue weighted by atomic mass is 79.9. The van der Waals surface area contributed by atoms with Crippen LogP contribution in [0.5, 0.6) is 0 Å². The molecule has 1 aromatic carbocycles. The number of thioether (sulfide) groups is 1. The maximum atomic E-state index is 12.0. The number of nitrogens with zero attached hydrogens (tertiary/aromatic N) is 2. The third kappa shape index (κ3) is 6.45. The molecule has 0 unspecified atom stereocenters. The van der Waals surface area contributed by atoms with Crippen molar-refractivity contribution in [2.24, 2.45) is 5.92 Å². The maximum Gasteiger partial charge on any atom is 0.230 e. The van der Waals surface area contributed by atoms with Crippen LogP contribution in [0.15, 0.2) is 40.1 Å². The summed E-state index contributed by atoms with van der Waals surface area (Å²) in [6.07, 6.45) is 2.72. The summed E-state index contributed by atoms with van der Waals surface area (Å²) in [6.45, 7) is 6.52. The number of rotatable bonds is 10. The molecule has 0 aliphatic heterocycles. The van der Waals surface area contributed by atoms with Gasteiger partial charge in [-0.05, 0) is 30.0 Å². The number of amides is 1. The Hall–Kier alpha value is -1.31. The van der Waals surface area contributed by atoms with Crippen LogP contribution in [0.2, 0.25) is 0 Å². The topological polar surface area (TPSA) is 56.1 Å². The van der Waals surface area contributed by atoms with E-state index in [1.165, 1.54) is 11.8 Å². The molecule has 2 aromatic rings. The number of ether oxygens (including phenoxy) is 1. The molecule has 142 valence electrons. The molecule has 1 aromatic heterocycles. The second kappa shape index (κ2) is 10.7. The van der Waals surface area contributed by atoms with Crippen LogP contribution in [-0.4, -0.2) is 41.5 Å². The Morgan fingerprint density at radius 2 is 2.08 bits per heavy atom. The summed E-state index contributed by atoms with van der Waals surface area (Å²) in [5, 5.41) is 3.79. The van der Waals surface area contributed by atoms with Crippen LogP contribution >= 0.6 is 27.7 Å². The van der Waals surface area contributed by atoms with Crippen LogP contribution in [0.3, 0.4) is 0 Å². The quantitative estimate of drug-likeness (QED) is 0.444.